The fourth-order valence-electron chi connectivity index (χ4n) is 5.71. The van der Waals surface area contributed by atoms with Crippen LogP contribution in [0.15, 0.2) is 140 Å². The summed E-state index contributed by atoms with van der Waals surface area (Å²) in [5.41, 5.74) is 10.2. The van der Waals surface area contributed by atoms with Gasteiger partial charge in [-0.15, -0.1) is 0 Å². The Bertz CT molecular complexity index is 2120. The highest BCUT2D eigenvalue weighted by Crippen LogP contribution is 2.35. The summed E-state index contributed by atoms with van der Waals surface area (Å²) in [4.78, 5) is 0. The van der Waals surface area contributed by atoms with E-state index in [9.17, 15) is 10.5 Å². The molecule has 1 aromatic heterocycles. The summed E-state index contributed by atoms with van der Waals surface area (Å²) >= 11 is 0. The molecule has 0 N–H and O–H groups in total. The van der Waals surface area contributed by atoms with E-state index in [0.29, 0.717) is 11.1 Å². The molecule has 7 aromatic rings. The maximum Gasteiger partial charge on any atom is 0.0992 e. The molecule has 0 unspecified atom stereocenters. The lowest BCUT2D eigenvalue weighted by molar-refractivity contribution is 1.18. The van der Waals surface area contributed by atoms with Crippen molar-refractivity contribution < 1.29 is 0 Å². The van der Waals surface area contributed by atoms with E-state index in [-0.39, 0.29) is 0 Å². The third-order valence-electron chi connectivity index (χ3n) is 7.58. The van der Waals surface area contributed by atoms with Gasteiger partial charge in [-0.1, -0.05) is 84.9 Å². The average molecular weight is 522 g/mol. The molecule has 7 rings (SSSR count). The molecular weight excluding hydrogens is 498 g/mol. The van der Waals surface area contributed by atoms with E-state index in [1.807, 2.05) is 60.7 Å². The first-order chi connectivity index (χ1) is 20.2. The first-order valence-electron chi connectivity index (χ1n) is 13.5. The monoisotopic (exact) mass is 521 g/mol. The van der Waals surface area contributed by atoms with Crippen LogP contribution >= 0.6 is 0 Å². The van der Waals surface area contributed by atoms with Gasteiger partial charge < -0.3 is 4.57 Å². The Morgan fingerprint density at radius 3 is 1.49 bits per heavy atom. The molecule has 3 nitrogen and oxygen atoms in total. The summed E-state index contributed by atoms with van der Waals surface area (Å²) in [5, 5.41) is 22.3. The van der Waals surface area contributed by atoms with Crippen LogP contribution in [-0.2, 0) is 0 Å². The van der Waals surface area contributed by atoms with Gasteiger partial charge in [0.1, 0.15) is 0 Å². The quantitative estimate of drug-likeness (QED) is 0.232. The van der Waals surface area contributed by atoms with Crippen LogP contribution in [0.1, 0.15) is 11.1 Å². The Morgan fingerprint density at radius 1 is 0.390 bits per heavy atom. The molecule has 0 amide bonds. The Hall–Kier alpha value is -5.90. The lowest BCUT2D eigenvalue weighted by Crippen LogP contribution is -1.96. The molecule has 0 fully saturated rings. The zero-order valence-electron chi connectivity index (χ0n) is 22.1. The minimum Gasteiger partial charge on any atom is -0.309 e. The number of hydrogen-bond acceptors (Lipinski definition) is 2. The lowest BCUT2D eigenvalue weighted by Gasteiger charge is -2.13. The van der Waals surface area contributed by atoms with Crippen LogP contribution in [0.3, 0.4) is 0 Å². The zero-order valence-corrected chi connectivity index (χ0v) is 22.1. The van der Waals surface area contributed by atoms with Gasteiger partial charge in [0.25, 0.3) is 0 Å². The van der Waals surface area contributed by atoms with Crippen molar-refractivity contribution in [3.63, 3.8) is 0 Å². The molecule has 0 aliphatic heterocycles. The molecule has 0 saturated carbocycles. The van der Waals surface area contributed by atoms with Crippen LogP contribution in [0.5, 0.6) is 0 Å². The van der Waals surface area contributed by atoms with Crippen molar-refractivity contribution >= 4 is 21.8 Å². The van der Waals surface area contributed by atoms with Crippen molar-refractivity contribution in [1.29, 1.82) is 10.5 Å². The van der Waals surface area contributed by atoms with E-state index >= 15 is 0 Å². The fraction of sp³-hybridized carbons (Fsp3) is 0. The molecule has 0 saturated heterocycles. The lowest BCUT2D eigenvalue weighted by atomic mass is 9.93. The number of hydrogen-bond donors (Lipinski definition) is 0. The average Bonchev–Trinajstić information content (AvgIpc) is 3.39. The third kappa shape index (κ3) is 4.33. The summed E-state index contributed by atoms with van der Waals surface area (Å²) in [5.74, 6) is 0. The Morgan fingerprint density at radius 2 is 0.854 bits per heavy atom. The van der Waals surface area contributed by atoms with E-state index < -0.39 is 0 Å². The predicted molar refractivity (Wildman–Crippen MR) is 167 cm³/mol. The van der Waals surface area contributed by atoms with Gasteiger partial charge in [0.2, 0.25) is 0 Å². The van der Waals surface area contributed by atoms with Crippen LogP contribution < -0.4 is 0 Å². The second-order valence-corrected chi connectivity index (χ2v) is 10.1. The van der Waals surface area contributed by atoms with E-state index in [1.165, 1.54) is 10.8 Å². The predicted octanol–water partition coefficient (Wildman–Crippen LogP) is 9.53. The number of fused-ring (bicyclic) bond motifs is 3. The van der Waals surface area contributed by atoms with Crippen molar-refractivity contribution in [2.45, 2.75) is 0 Å². The molecule has 0 bridgehead atoms. The first-order valence-corrected chi connectivity index (χ1v) is 13.5. The number of para-hydroxylation sites is 2. The number of rotatable bonds is 4. The highest BCUT2D eigenvalue weighted by molar-refractivity contribution is 6.09. The van der Waals surface area contributed by atoms with Gasteiger partial charge in [0.05, 0.1) is 34.3 Å². The Kier molecular flexibility index (Phi) is 5.90. The summed E-state index contributed by atoms with van der Waals surface area (Å²) in [6.45, 7) is 0. The summed E-state index contributed by atoms with van der Waals surface area (Å²) in [7, 11) is 0. The molecule has 0 aliphatic carbocycles. The smallest absolute Gasteiger partial charge is 0.0992 e. The third-order valence-corrected chi connectivity index (χ3v) is 7.58. The van der Waals surface area contributed by atoms with E-state index in [4.69, 9.17) is 0 Å². The molecule has 0 aliphatic rings. The van der Waals surface area contributed by atoms with Gasteiger partial charge in [0, 0.05) is 16.5 Å². The number of nitrogens with zero attached hydrogens (tertiary/aromatic N) is 3. The maximum absolute atomic E-state index is 10.0. The van der Waals surface area contributed by atoms with Crippen LogP contribution in [0, 0.1) is 22.7 Å². The van der Waals surface area contributed by atoms with Gasteiger partial charge in [-0.25, -0.2) is 0 Å². The van der Waals surface area contributed by atoms with Crippen LogP contribution in [0.4, 0.5) is 0 Å². The normalized spacial score (nSPS) is 10.9. The topological polar surface area (TPSA) is 52.5 Å². The van der Waals surface area contributed by atoms with E-state index in [1.54, 1.807) is 0 Å². The largest absolute Gasteiger partial charge is 0.309 e. The van der Waals surface area contributed by atoms with Gasteiger partial charge in [0.15, 0.2) is 0 Å². The number of nitriles is 2. The minimum atomic E-state index is 0.564. The molecule has 1 heterocycles. The van der Waals surface area contributed by atoms with Gasteiger partial charge in [-0.05, 0) is 88.0 Å². The summed E-state index contributed by atoms with van der Waals surface area (Å²) in [6, 6.07) is 51.9. The Balaban J connectivity index is 1.41. The van der Waals surface area contributed by atoms with E-state index in [0.717, 1.165) is 50.1 Å². The molecular formula is C38H23N3. The van der Waals surface area contributed by atoms with Crippen molar-refractivity contribution in [3.8, 4) is 51.2 Å². The van der Waals surface area contributed by atoms with Crippen molar-refractivity contribution in [2.75, 3.05) is 0 Å². The van der Waals surface area contributed by atoms with Crippen molar-refractivity contribution in [2.24, 2.45) is 0 Å². The summed E-state index contributed by atoms with van der Waals surface area (Å²) in [6.07, 6.45) is 0. The maximum atomic E-state index is 10.0. The number of aromatic nitrogens is 1. The van der Waals surface area contributed by atoms with Crippen LogP contribution in [0.25, 0.3) is 60.9 Å². The molecule has 0 radical (unpaired) electrons. The van der Waals surface area contributed by atoms with Gasteiger partial charge >= 0.3 is 0 Å². The van der Waals surface area contributed by atoms with Crippen molar-refractivity contribution in [3.05, 3.63) is 151 Å². The molecule has 41 heavy (non-hydrogen) atoms. The van der Waals surface area contributed by atoms with Crippen molar-refractivity contribution in [1.82, 2.24) is 4.57 Å². The molecule has 0 spiro atoms. The zero-order chi connectivity index (χ0) is 27.8. The van der Waals surface area contributed by atoms with Crippen LogP contribution in [-0.4, -0.2) is 4.57 Å². The SMILES string of the molecule is N#Cc1cc(-c2cccc(-c3ccccc3)c2)cc(-c2cc(C#N)cc(-n3c4ccccc4c4ccccc43)c2)c1. The van der Waals surface area contributed by atoms with Gasteiger partial charge in [-0.2, -0.15) is 10.5 Å². The standard InChI is InChI=1S/C38H23N3/c39-24-26-17-31(30-12-8-11-29(21-30)28-9-2-1-3-10-28)22-32(18-26)33-19-27(25-40)20-34(23-33)41-37-15-6-4-13-35(37)36-14-5-7-16-38(36)41/h1-23H. The molecule has 190 valence electrons. The second-order valence-electron chi connectivity index (χ2n) is 10.1. The fourth-order valence-corrected chi connectivity index (χ4v) is 5.71. The first kappa shape index (κ1) is 24.2. The number of benzene rings is 6. The summed E-state index contributed by atoms with van der Waals surface area (Å²) < 4.78 is 2.22. The molecule has 0 atom stereocenters. The highest BCUT2D eigenvalue weighted by Gasteiger charge is 2.14. The second kappa shape index (κ2) is 10.0. The molecule has 6 aromatic carbocycles. The van der Waals surface area contributed by atoms with Gasteiger partial charge in [-0.3, -0.25) is 0 Å². The minimum absolute atomic E-state index is 0.564. The Labute approximate surface area is 238 Å². The molecule has 3 heteroatoms. The van der Waals surface area contributed by atoms with Crippen LogP contribution in [0.2, 0.25) is 0 Å². The highest BCUT2D eigenvalue weighted by atomic mass is 15.0. The van der Waals surface area contributed by atoms with E-state index in [2.05, 4.69) is 95.6 Å².